The van der Waals surface area contributed by atoms with Gasteiger partial charge < -0.3 is 24.1 Å². The van der Waals surface area contributed by atoms with Crippen LogP contribution in [0.1, 0.15) is 43.9 Å². The summed E-state index contributed by atoms with van der Waals surface area (Å²) < 4.78 is 24.3. The second kappa shape index (κ2) is 12.1. The predicted octanol–water partition coefficient (Wildman–Crippen LogP) is 4.07. The van der Waals surface area contributed by atoms with Crippen LogP contribution in [0.2, 0.25) is 0 Å². The van der Waals surface area contributed by atoms with Crippen molar-refractivity contribution in [3.05, 3.63) is 76.9 Å². The molecule has 206 valence electrons. The number of thiazole rings is 1. The molecular formula is C28H29BrN2O7S. The zero-order valence-electron chi connectivity index (χ0n) is 22.2. The molecule has 1 atom stereocenters. The molecule has 0 spiro atoms. The van der Waals surface area contributed by atoms with Gasteiger partial charge in [-0.05, 0) is 49.8 Å². The maximum absolute atomic E-state index is 14.0. The molecule has 3 aromatic rings. The molecule has 1 N–H and O–H groups in total. The van der Waals surface area contributed by atoms with Crippen LogP contribution in [0.4, 0.5) is 0 Å². The van der Waals surface area contributed by atoms with E-state index in [1.165, 1.54) is 30.1 Å². The van der Waals surface area contributed by atoms with Gasteiger partial charge in [0.1, 0.15) is 17.5 Å². The normalized spacial score (nSPS) is 15.0. The monoisotopic (exact) mass is 616 g/mol. The Morgan fingerprint density at radius 3 is 2.51 bits per heavy atom. The van der Waals surface area contributed by atoms with E-state index < -0.39 is 12.0 Å². The number of aromatic hydroxyl groups is 1. The lowest BCUT2D eigenvalue weighted by Gasteiger charge is -2.27. The number of methoxy groups -OCH3 is 3. The maximum Gasteiger partial charge on any atom is 0.338 e. The van der Waals surface area contributed by atoms with Crippen molar-refractivity contribution in [3.63, 3.8) is 0 Å². The molecule has 1 aliphatic heterocycles. The number of phenols is 1. The Balaban J connectivity index is 2.08. The number of benzene rings is 2. The zero-order chi connectivity index (χ0) is 28.3. The zero-order valence-corrected chi connectivity index (χ0v) is 24.6. The molecule has 0 bridgehead atoms. The molecule has 11 heteroatoms. The number of hydrogen-bond donors (Lipinski definition) is 1. The largest absolute Gasteiger partial charge is 0.504 e. The molecule has 39 heavy (non-hydrogen) atoms. The maximum atomic E-state index is 14.0. The molecule has 0 saturated heterocycles. The van der Waals surface area contributed by atoms with Crippen LogP contribution in [0.25, 0.3) is 6.08 Å². The van der Waals surface area contributed by atoms with Crippen LogP contribution in [0.3, 0.4) is 0 Å². The van der Waals surface area contributed by atoms with Crippen LogP contribution >= 0.6 is 27.3 Å². The number of rotatable bonds is 9. The highest BCUT2D eigenvalue weighted by Crippen LogP contribution is 2.39. The number of phenolic OH excluding ortho intramolecular Hbond substituents is 1. The van der Waals surface area contributed by atoms with Crippen molar-refractivity contribution >= 4 is 39.3 Å². The molecule has 2 aromatic carbocycles. The summed E-state index contributed by atoms with van der Waals surface area (Å²) >= 11 is 4.58. The number of carbonyl (C=O) groups is 1. The van der Waals surface area contributed by atoms with E-state index in [0.29, 0.717) is 48.6 Å². The van der Waals surface area contributed by atoms with Crippen molar-refractivity contribution in [1.29, 1.82) is 0 Å². The van der Waals surface area contributed by atoms with Gasteiger partial charge in [0.05, 0.1) is 43.7 Å². The number of aromatic nitrogens is 1. The molecule has 1 aromatic heterocycles. The van der Waals surface area contributed by atoms with E-state index >= 15 is 0 Å². The lowest BCUT2D eigenvalue weighted by Crippen LogP contribution is -2.40. The number of hydrogen-bond acceptors (Lipinski definition) is 9. The van der Waals surface area contributed by atoms with Gasteiger partial charge in [0, 0.05) is 15.6 Å². The van der Waals surface area contributed by atoms with Gasteiger partial charge in [0.15, 0.2) is 16.3 Å². The Bertz CT molecular complexity index is 1620. The van der Waals surface area contributed by atoms with E-state index in [1.807, 2.05) is 6.92 Å². The van der Waals surface area contributed by atoms with Crippen LogP contribution in [-0.2, 0) is 9.53 Å². The summed E-state index contributed by atoms with van der Waals surface area (Å²) in [6.45, 7) is 3.89. The lowest BCUT2D eigenvalue weighted by atomic mass is 9.93. The number of halogens is 1. The molecule has 1 aliphatic rings. The molecule has 0 unspecified atom stereocenters. The highest BCUT2D eigenvalue weighted by atomic mass is 79.9. The number of esters is 1. The molecule has 0 saturated carbocycles. The van der Waals surface area contributed by atoms with E-state index in [2.05, 4.69) is 15.9 Å². The first kappa shape index (κ1) is 28.4. The van der Waals surface area contributed by atoms with Gasteiger partial charge in [-0.1, -0.05) is 40.6 Å². The van der Waals surface area contributed by atoms with Crippen LogP contribution < -0.4 is 29.1 Å². The minimum absolute atomic E-state index is 0.101. The van der Waals surface area contributed by atoms with Crippen molar-refractivity contribution in [2.24, 2.45) is 4.99 Å². The third-order valence-electron chi connectivity index (χ3n) is 6.20. The predicted molar refractivity (Wildman–Crippen MR) is 152 cm³/mol. The topological polar surface area (TPSA) is 109 Å². The van der Waals surface area contributed by atoms with Gasteiger partial charge in [0.25, 0.3) is 5.56 Å². The fourth-order valence-electron chi connectivity index (χ4n) is 4.47. The Morgan fingerprint density at radius 1 is 1.13 bits per heavy atom. The Labute approximate surface area is 237 Å². The SMILES string of the molecule is CCCC1=C(C(=O)OCC)[C@@H](c2cc(OC)ccc2OC)n2c(s/c(=C\c3cc(Br)cc(OC)c3O)c2=O)=N1. The van der Waals surface area contributed by atoms with Crippen molar-refractivity contribution in [3.8, 4) is 23.0 Å². The summed E-state index contributed by atoms with van der Waals surface area (Å²) in [6.07, 6.45) is 2.82. The van der Waals surface area contributed by atoms with Gasteiger partial charge in [-0.25, -0.2) is 9.79 Å². The summed E-state index contributed by atoms with van der Waals surface area (Å²) in [5.74, 6) is 0.623. The molecule has 0 fully saturated rings. The minimum atomic E-state index is -0.875. The Hall–Kier alpha value is -3.57. The third kappa shape index (κ3) is 5.46. The number of ether oxygens (including phenoxy) is 4. The smallest absolute Gasteiger partial charge is 0.338 e. The van der Waals surface area contributed by atoms with Crippen LogP contribution in [0, 0.1) is 0 Å². The minimum Gasteiger partial charge on any atom is -0.504 e. The number of allylic oxidation sites excluding steroid dienone is 1. The van der Waals surface area contributed by atoms with E-state index in [1.54, 1.807) is 50.4 Å². The van der Waals surface area contributed by atoms with Gasteiger partial charge in [0.2, 0.25) is 0 Å². The van der Waals surface area contributed by atoms with Gasteiger partial charge >= 0.3 is 5.97 Å². The molecule has 0 amide bonds. The average molecular weight is 618 g/mol. The molecule has 0 aliphatic carbocycles. The Morgan fingerprint density at radius 2 is 1.87 bits per heavy atom. The highest BCUT2D eigenvalue weighted by Gasteiger charge is 2.36. The third-order valence-corrected chi connectivity index (χ3v) is 7.64. The number of carbonyl (C=O) groups excluding carboxylic acids is 1. The Kier molecular flexibility index (Phi) is 8.81. The second-order valence-electron chi connectivity index (χ2n) is 8.57. The molecule has 2 heterocycles. The second-order valence-corrected chi connectivity index (χ2v) is 10.5. The molecule has 4 rings (SSSR count). The fraction of sp³-hybridized carbons (Fsp3) is 0.321. The summed E-state index contributed by atoms with van der Waals surface area (Å²) in [4.78, 5) is 32.6. The van der Waals surface area contributed by atoms with Crippen molar-refractivity contribution in [1.82, 2.24) is 4.57 Å². The summed E-state index contributed by atoms with van der Waals surface area (Å²) in [6, 6.07) is 7.67. The van der Waals surface area contributed by atoms with E-state index in [9.17, 15) is 14.7 Å². The van der Waals surface area contributed by atoms with Crippen molar-refractivity contribution in [2.45, 2.75) is 32.7 Å². The van der Waals surface area contributed by atoms with Crippen LogP contribution in [-0.4, -0.2) is 43.6 Å². The average Bonchev–Trinajstić information content (AvgIpc) is 3.23. The van der Waals surface area contributed by atoms with Crippen molar-refractivity contribution in [2.75, 3.05) is 27.9 Å². The molecule has 0 radical (unpaired) electrons. The summed E-state index contributed by atoms with van der Waals surface area (Å²) in [7, 11) is 4.52. The van der Waals surface area contributed by atoms with Crippen LogP contribution in [0.5, 0.6) is 23.0 Å². The summed E-state index contributed by atoms with van der Waals surface area (Å²) in [5.41, 5.74) is 1.38. The van der Waals surface area contributed by atoms with E-state index in [4.69, 9.17) is 23.9 Å². The van der Waals surface area contributed by atoms with Crippen LogP contribution in [0.15, 0.2) is 55.9 Å². The summed E-state index contributed by atoms with van der Waals surface area (Å²) in [5, 5.41) is 10.7. The quantitative estimate of drug-likeness (QED) is 0.361. The fourth-order valence-corrected chi connectivity index (χ4v) is 5.93. The first-order valence-corrected chi connectivity index (χ1v) is 13.9. The van der Waals surface area contributed by atoms with Gasteiger partial charge in [-0.3, -0.25) is 9.36 Å². The number of fused-ring (bicyclic) bond motifs is 1. The molecule has 9 nitrogen and oxygen atoms in total. The van der Waals surface area contributed by atoms with E-state index in [-0.39, 0.29) is 29.2 Å². The van der Waals surface area contributed by atoms with Gasteiger partial charge in [-0.2, -0.15) is 0 Å². The lowest BCUT2D eigenvalue weighted by molar-refractivity contribution is -0.139. The standard InChI is InChI=1S/C28H29BrN2O7S/c1-6-8-19-23(27(34)38-7-2)24(18-14-17(35-3)9-10-20(18)36-4)31-26(33)22(39-28(31)30-19)12-15-11-16(29)13-21(37-5)25(15)32/h9-14,24,32H,6-8H2,1-5H3/b22-12-/t24-/m1/s1. The number of nitrogens with zero attached hydrogens (tertiary/aromatic N) is 2. The van der Waals surface area contributed by atoms with Crippen molar-refractivity contribution < 1.29 is 28.8 Å². The van der Waals surface area contributed by atoms with E-state index in [0.717, 1.165) is 6.42 Å². The first-order valence-electron chi connectivity index (χ1n) is 12.3. The highest BCUT2D eigenvalue weighted by molar-refractivity contribution is 9.10. The van der Waals surface area contributed by atoms with Gasteiger partial charge in [-0.15, -0.1) is 0 Å². The molecular weight excluding hydrogens is 588 g/mol. The first-order chi connectivity index (χ1) is 18.8.